The van der Waals surface area contributed by atoms with Crippen molar-refractivity contribution in [2.75, 3.05) is 7.11 Å². The lowest BCUT2D eigenvalue weighted by atomic mass is 10.1. The number of rotatable bonds is 8. The van der Waals surface area contributed by atoms with Crippen LogP contribution < -0.4 is 5.48 Å². The highest BCUT2D eigenvalue weighted by Gasteiger charge is 1.98. The lowest BCUT2D eigenvalue weighted by molar-refractivity contribution is 0.0628. The summed E-state index contributed by atoms with van der Waals surface area (Å²) < 4.78 is 0. The summed E-state index contributed by atoms with van der Waals surface area (Å²) in [6, 6.07) is 0.497. The van der Waals surface area contributed by atoms with Crippen molar-refractivity contribution in [3.8, 4) is 0 Å². The van der Waals surface area contributed by atoms with E-state index >= 15 is 0 Å². The predicted molar refractivity (Wildman–Crippen MR) is 53.0 cm³/mol. The number of unbranched alkanes of at least 4 members (excludes halogenated alkanes) is 4. The molecule has 0 aliphatic carbocycles. The summed E-state index contributed by atoms with van der Waals surface area (Å²) in [6.07, 6.45) is 7.99. The molecule has 2 nitrogen and oxygen atoms in total. The van der Waals surface area contributed by atoms with Gasteiger partial charge in [-0.15, -0.1) is 0 Å². The molecule has 1 N–H and O–H groups in total. The van der Waals surface area contributed by atoms with Gasteiger partial charge in [-0.2, -0.15) is 0 Å². The van der Waals surface area contributed by atoms with Crippen LogP contribution in [0.5, 0.6) is 0 Å². The van der Waals surface area contributed by atoms with Gasteiger partial charge in [0.2, 0.25) is 0 Å². The van der Waals surface area contributed by atoms with Crippen LogP contribution in [0.4, 0.5) is 0 Å². The summed E-state index contributed by atoms with van der Waals surface area (Å²) in [5, 5.41) is 0. The normalized spacial score (nSPS) is 13.2. The third-order valence-corrected chi connectivity index (χ3v) is 2.06. The molecule has 0 aromatic heterocycles. The van der Waals surface area contributed by atoms with Gasteiger partial charge in [0.15, 0.2) is 0 Å². The zero-order chi connectivity index (χ0) is 9.23. The van der Waals surface area contributed by atoms with E-state index < -0.39 is 0 Å². The summed E-state index contributed by atoms with van der Waals surface area (Å²) in [4.78, 5) is 4.83. The van der Waals surface area contributed by atoms with Gasteiger partial charge in [-0.05, 0) is 13.3 Å². The molecular formula is C10H23NO. The summed E-state index contributed by atoms with van der Waals surface area (Å²) in [5.41, 5.74) is 2.94. The van der Waals surface area contributed by atoms with E-state index in [1.165, 1.54) is 38.5 Å². The molecule has 74 valence electrons. The third kappa shape index (κ3) is 8.02. The molecule has 2 heteroatoms. The summed E-state index contributed by atoms with van der Waals surface area (Å²) in [5.74, 6) is 0. The molecule has 0 radical (unpaired) electrons. The SMILES string of the molecule is CCCCCCCC(C)NOC. The van der Waals surface area contributed by atoms with E-state index in [2.05, 4.69) is 19.3 Å². The Morgan fingerprint density at radius 3 is 2.42 bits per heavy atom. The van der Waals surface area contributed by atoms with Gasteiger partial charge in [-0.1, -0.05) is 39.0 Å². The highest BCUT2D eigenvalue weighted by molar-refractivity contribution is 4.54. The summed E-state index contributed by atoms with van der Waals surface area (Å²) in [6.45, 7) is 4.40. The van der Waals surface area contributed by atoms with E-state index in [0.717, 1.165) is 0 Å². The van der Waals surface area contributed by atoms with Crippen LogP contribution in [0.3, 0.4) is 0 Å². The molecule has 12 heavy (non-hydrogen) atoms. The minimum atomic E-state index is 0.497. The Hall–Kier alpha value is -0.0800. The van der Waals surface area contributed by atoms with Crippen LogP contribution in [-0.2, 0) is 4.84 Å². The quantitative estimate of drug-likeness (QED) is 0.450. The fourth-order valence-electron chi connectivity index (χ4n) is 1.31. The van der Waals surface area contributed by atoms with Crippen molar-refractivity contribution < 1.29 is 4.84 Å². The maximum Gasteiger partial charge on any atom is 0.0572 e. The second-order valence-electron chi connectivity index (χ2n) is 3.43. The van der Waals surface area contributed by atoms with Crippen LogP contribution in [0.2, 0.25) is 0 Å². The Morgan fingerprint density at radius 2 is 1.83 bits per heavy atom. The number of nitrogens with one attached hydrogen (secondary N) is 1. The highest BCUT2D eigenvalue weighted by Crippen LogP contribution is 2.06. The van der Waals surface area contributed by atoms with Crippen molar-refractivity contribution in [2.45, 2.75) is 58.4 Å². The number of hydroxylamine groups is 1. The second-order valence-corrected chi connectivity index (χ2v) is 3.43. The second kappa shape index (κ2) is 9.01. The first-order valence-corrected chi connectivity index (χ1v) is 5.09. The third-order valence-electron chi connectivity index (χ3n) is 2.06. The predicted octanol–water partition coefficient (Wildman–Crippen LogP) is 2.89. The topological polar surface area (TPSA) is 21.3 Å². The molecule has 0 saturated carbocycles. The molecule has 0 aliphatic heterocycles. The van der Waals surface area contributed by atoms with Crippen molar-refractivity contribution in [2.24, 2.45) is 0 Å². The number of hydrogen-bond donors (Lipinski definition) is 1. The minimum absolute atomic E-state index is 0.497. The average Bonchev–Trinajstić information content (AvgIpc) is 2.05. The van der Waals surface area contributed by atoms with Crippen LogP contribution in [0.1, 0.15) is 52.4 Å². The fraction of sp³-hybridized carbons (Fsp3) is 1.00. The van der Waals surface area contributed by atoms with Crippen LogP contribution in [0.15, 0.2) is 0 Å². The van der Waals surface area contributed by atoms with Crippen LogP contribution in [0.25, 0.3) is 0 Å². The van der Waals surface area contributed by atoms with Gasteiger partial charge in [0.1, 0.15) is 0 Å². The van der Waals surface area contributed by atoms with Gasteiger partial charge in [0.25, 0.3) is 0 Å². The molecule has 0 aliphatic rings. The van der Waals surface area contributed by atoms with Crippen molar-refractivity contribution in [1.29, 1.82) is 0 Å². The summed E-state index contributed by atoms with van der Waals surface area (Å²) in [7, 11) is 1.67. The van der Waals surface area contributed by atoms with Gasteiger partial charge in [0, 0.05) is 6.04 Å². The van der Waals surface area contributed by atoms with Crippen molar-refractivity contribution in [3.63, 3.8) is 0 Å². The fourth-order valence-corrected chi connectivity index (χ4v) is 1.31. The Labute approximate surface area is 76.6 Å². The first-order chi connectivity index (χ1) is 5.81. The molecule has 0 spiro atoms. The molecule has 0 amide bonds. The molecule has 0 aromatic rings. The van der Waals surface area contributed by atoms with Gasteiger partial charge in [0.05, 0.1) is 7.11 Å². The highest BCUT2D eigenvalue weighted by atomic mass is 16.6. The van der Waals surface area contributed by atoms with E-state index in [-0.39, 0.29) is 0 Å². The van der Waals surface area contributed by atoms with Gasteiger partial charge >= 0.3 is 0 Å². The average molecular weight is 173 g/mol. The first-order valence-electron chi connectivity index (χ1n) is 5.09. The zero-order valence-electron chi connectivity index (χ0n) is 8.73. The van der Waals surface area contributed by atoms with Crippen molar-refractivity contribution >= 4 is 0 Å². The lowest BCUT2D eigenvalue weighted by Crippen LogP contribution is -2.24. The van der Waals surface area contributed by atoms with E-state index in [9.17, 15) is 0 Å². The maximum atomic E-state index is 4.83. The Balaban J connectivity index is 2.97. The van der Waals surface area contributed by atoms with E-state index in [1.807, 2.05) is 0 Å². The molecule has 0 saturated heterocycles. The Kier molecular flexibility index (Phi) is 8.95. The molecule has 0 bridgehead atoms. The molecule has 0 fully saturated rings. The standard InChI is InChI=1S/C10H23NO/c1-4-5-6-7-8-9-10(2)11-12-3/h10-11H,4-9H2,1-3H3. The van der Waals surface area contributed by atoms with Crippen LogP contribution in [-0.4, -0.2) is 13.2 Å². The van der Waals surface area contributed by atoms with Crippen molar-refractivity contribution in [1.82, 2.24) is 5.48 Å². The minimum Gasteiger partial charge on any atom is -0.305 e. The summed E-state index contributed by atoms with van der Waals surface area (Å²) >= 11 is 0. The maximum absolute atomic E-state index is 4.83. The molecule has 0 aromatic carbocycles. The van der Waals surface area contributed by atoms with Crippen molar-refractivity contribution in [3.05, 3.63) is 0 Å². The van der Waals surface area contributed by atoms with Gasteiger partial charge in [-0.3, -0.25) is 0 Å². The first kappa shape index (κ1) is 11.9. The molecule has 1 atom stereocenters. The zero-order valence-corrected chi connectivity index (χ0v) is 8.73. The monoisotopic (exact) mass is 173 g/mol. The Bertz CT molecular complexity index is 85.9. The van der Waals surface area contributed by atoms with E-state index in [1.54, 1.807) is 7.11 Å². The molecule has 1 unspecified atom stereocenters. The van der Waals surface area contributed by atoms with Gasteiger partial charge in [-0.25, -0.2) is 5.48 Å². The number of hydrogen-bond acceptors (Lipinski definition) is 2. The molecule has 0 rings (SSSR count). The van der Waals surface area contributed by atoms with Gasteiger partial charge < -0.3 is 4.84 Å². The molecular weight excluding hydrogens is 150 g/mol. The van der Waals surface area contributed by atoms with Crippen LogP contribution >= 0.6 is 0 Å². The lowest BCUT2D eigenvalue weighted by Gasteiger charge is -2.10. The van der Waals surface area contributed by atoms with E-state index in [0.29, 0.717) is 6.04 Å². The largest absolute Gasteiger partial charge is 0.305 e. The smallest absolute Gasteiger partial charge is 0.0572 e. The Morgan fingerprint density at radius 1 is 1.17 bits per heavy atom. The molecule has 0 heterocycles. The van der Waals surface area contributed by atoms with E-state index in [4.69, 9.17) is 4.84 Å². The van der Waals surface area contributed by atoms with Crippen LogP contribution in [0, 0.1) is 0 Å².